The molecule has 0 amide bonds. The summed E-state index contributed by atoms with van der Waals surface area (Å²) in [6.07, 6.45) is 1.71. The number of hydrogen-bond donors (Lipinski definition) is 0. The second-order valence-electron chi connectivity index (χ2n) is 7.04. The van der Waals surface area contributed by atoms with E-state index in [0.29, 0.717) is 12.1 Å². The van der Waals surface area contributed by atoms with E-state index in [-0.39, 0.29) is 0 Å². The fraction of sp³-hybridized carbons (Fsp3) is 0.182. The van der Waals surface area contributed by atoms with Crippen molar-refractivity contribution in [2.24, 2.45) is 5.92 Å². The number of rotatable bonds is 1. The van der Waals surface area contributed by atoms with Crippen LogP contribution < -0.4 is 9.80 Å². The zero-order valence-electron chi connectivity index (χ0n) is 13.3. The number of hydrogen-bond acceptors (Lipinski definition) is 2. The Bertz CT molecular complexity index is 933. The summed E-state index contributed by atoms with van der Waals surface area (Å²) in [6.45, 7) is 0. The Labute approximate surface area is 142 Å². The average Bonchev–Trinajstić information content (AvgIpc) is 3.38. The summed E-state index contributed by atoms with van der Waals surface area (Å²) in [5.74, 6) is 1.44. The van der Waals surface area contributed by atoms with Crippen molar-refractivity contribution in [3.63, 3.8) is 0 Å². The quantitative estimate of drug-likeness (QED) is 0.592. The van der Waals surface area contributed by atoms with E-state index in [2.05, 4.69) is 88.7 Å². The van der Waals surface area contributed by atoms with Crippen LogP contribution in [0.1, 0.15) is 17.9 Å². The zero-order valence-corrected chi connectivity index (χ0v) is 13.3. The van der Waals surface area contributed by atoms with Gasteiger partial charge < -0.3 is 9.80 Å². The van der Waals surface area contributed by atoms with Gasteiger partial charge in [-0.2, -0.15) is 0 Å². The molecule has 116 valence electrons. The number of fused-ring (bicyclic) bond motifs is 8. The Morgan fingerprint density at radius 3 is 2.04 bits per heavy atom. The summed E-state index contributed by atoms with van der Waals surface area (Å²) in [4.78, 5) is 5.13. The lowest BCUT2D eigenvalue weighted by molar-refractivity contribution is 0.578. The lowest BCUT2D eigenvalue weighted by Crippen LogP contribution is -2.42. The Morgan fingerprint density at radius 1 is 0.625 bits per heavy atom. The molecule has 2 heterocycles. The maximum Gasteiger partial charge on any atom is 0.114 e. The van der Waals surface area contributed by atoms with Crippen LogP contribution in [-0.4, -0.2) is 6.17 Å². The molecule has 2 nitrogen and oxygen atoms in total. The first kappa shape index (κ1) is 12.7. The molecular formula is C22H18N2. The molecule has 3 aromatic carbocycles. The summed E-state index contributed by atoms with van der Waals surface area (Å²) in [5, 5.41) is 0. The normalized spacial score (nSPS) is 25.6. The van der Waals surface area contributed by atoms with Crippen LogP contribution in [0, 0.1) is 5.92 Å². The van der Waals surface area contributed by atoms with E-state index in [0.717, 1.165) is 5.92 Å². The summed E-state index contributed by atoms with van der Waals surface area (Å²) >= 11 is 0. The van der Waals surface area contributed by atoms with Crippen molar-refractivity contribution in [2.45, 2.75) is 18.5 Å². The Morgan fingerprint density at radius 2 is 1.25 bits per heavy atom. The van der Waals surface area contributed by atoms with Crippen molar-refractivity contribution < 1.29 is 0 Å². The number of benzene rings is 3. The Hall–Kier alpha value is -2.74. The highest BCUT2D eigenvalue weighted by molar-refractivity contribution is 5.90. The molecule has 1 aliphatic carbocycles. The predicted octanol–water partition coefficient (Wildman–Crippen LogP) is 5.42. The van der Waals surface area contributed by atoms with E-state index < -0.39 is 0 Å². The fourth-order valence-electron chi connectivity index (χ4n) is 4.73. The van der Waals surface area contributed by atoms with Gasteiger partial charge in [0.2, 0.25) is 0 Å². The lowest BCUT2D eigenvalue weighted by atomic mass is 9.99. The molecule has 0 N–H and O–H groups in total. The van der Waals surface area contributed by atoms with Crippen molar-refractivity contribution in [3.05, 3.63) is 84.4 Å². The molecule has 0 saturated heterocycles. The van der Waals surface area contributed by atoms with Gasteiger partial charge in [0.15, 0.2) is 0 Å². The average molecular weight is 310 g/mol. The topological polar surface area (TPSA) is 6.48 Å². The van der Waals surface area contributed by atoms with E-state index >= 15 is 0 Å². The van der Waals surface area contributed by atoms with Gasteiger partial charge in [0, 0.05) is 17.3 Å². The van der Waals surface area contributed by atoms with E-state index in [9.17, 15) is 0 Å². The van der Waals surface area contributed by atoms with E-state index in [1.165, 1.54) is 34.7 Å². The molecular weight excluding hydrogens is 292 g/mol. The van der Waals surface area contributed by atoms with Crippen molar-refractivity contribution in [1.29, 1.82) is 0 Å². The van der Waals surface area contributed by atoms with Crippen molar-refractivity contribution in [1.82, 2.24) is 0 Å². The summed E-state index contributed by atoms with van der Waals surface area (Å²) in [7, 11) is 0. The van der Waals surface area contributed by atoms with Crippen LogP contribution >= 0.6 is 0 Å². The molecule has 0 spiro atoms. The van der Waals surface area contributed by atoms with E-state index in [4.69, 9.17) is 0 Å². The van der Waals surface area contributed by atoms with Crippen LogP contribution in [0.5, 0.6) is 0 Å². The molecule has 0 aromatic heterocycles. The maximum atomic E-state index is 2.58. The monoisotopic (exact) mass is 310 g/mol. The van der Waals surface area contributed by atoms with Gasteiger partial charge >= 0.3 is 0 Å². The molecule has 1 fully saturated rings. The van der Waals surface area contributed by atoms with Crippen LogP contribution in [0.3, 0.4) is 0 Å². The minimum Gasteiger partial charge on any atom is -0.318 e. The molecule has 2 aliphatic heterocycles. The highest BCUT2D eigenvalue weighted by Gasteiger charge is 2.57. The third-order valence-electron chi connectivity index (χ3n) is 5.78. The van der Waals surface area contributed by atoms with Crippen LogP contribution in [0.2, 0.25) is 0 Å². The SMILES string of the molecule is c1ccc(N2c3ccccc3N3c4ccccc4C4CC4C23)cc1. The molecule has 2 heteroatoms. The minimum atomic E-state index is 0.407. The molecule has 3 aromatic rings. The highest BCUT2D eigenvalue weighted by Crippen LogP contribution is 2.64. The maximum absolute atomic E-state index is 2.58. The molecule has 1 saturated carbocycles. The lowest BCUT2D eigenvalue weighted by Gasteiger charge is -2.37. The van der Waals surface area contributed by atoms with Crippen molar-refractivity contribution in [3.8, 4) is 0 Å². The van der Waals surface area contributed by atoms with Gasteiger partial charge in [-0.3, -0.25) is 0 Å². The van der Waals surface area contributed by atoms with Gasteiger partial charge in [0.1, 0.15) is 6.17 Å². The zero-order chi connectivity index (χ0) is 15.7. The van der Waals surface area contributed by atoms with Gasteiger partial charge in [-0.05, 0) is 48.2 Å². The number of nitrogens with zero attached hydrogens (tertiary/aromatic N) is 2. The summed E-state index contributed by atoms with van der Waals surface area (Å²) in [6, 6.07) is 28.7. The van der Waals surface area contributed by atoms with Crippen LogP contribution in [0.4, 0.5) is 22.7 Å². The molecule has 6 rings (SSSR count). The van der Waals surface area contributed by atoms with Crippen LogP contribution in [0.15, 0.2) is 78.9 Å². The molecule has 3 unspecified atom stereocenters. The Kier molecular flexibility index (Phi) is 2.33. The van der Waals surface area contributed by atoms with Gasteiger partial charge in [-0.25, -0.2) is 0 Å². The molecule has 24 heavy (non-hydrogen) atoms. The summed E-state index contributed by atoms with van der Waals surface area (Å²) in [5.41, 5.74) is 6.89. The highest BCUT2D eigenvalue weighted by atomic mass is 15.4. The molecule has 0 radical (unpaired) electrons. The number of anilines is 4. The second-order valence-corrected chi connectivity index (χ2v) is 7.04. The summed E-state index contributed by atoms with van der Waals surface area (Å²) < 4.78 is 0. The van der Waals surface area contributed by atoms with Gasteiger partial charge in [-0.1, -0.05) is 48.5 Å². The Balaban J connectivity index is 1.62. The fourth-order valence-corrected chi connectivity index (χ4v) is 4.73. The van der Waals surface area contributed by atoms with E-state index in [1.807, 2.05) is 0 Å². The molecule has 3 aliphatic rings. The van der Waals surface area contributed by atoms with Gasteiger partial charge in [-0.15, -0.1) is 0 Å². The first-order valence-corrected chi connectivity index (χ1v) is 8.75. The standard InChI is InChI=1S/C22H18N2/c1-2-8-15(9-3-1)23-20-12-6-7-13-21(20)24-19-11-5-4-10-16(19)17-14-18(17)22(23)24/h1-13,17-18,22H,14H2. The first-order valence-electron chi connectivity index (χ1n) is 8.75. The third kappa shape index (κ3) is 1.51. The van der Waals surface area contributed by atoms with Crippen molar-refractivity contribution >= 4 is 22.7 Å². The minimum absolute atomic E-state index is 0.407. The second kappa shape index (κ2) is 4.41. The number of para-hydroxylation sites is 4. The molecule has 3 atom stereocenters. The van der Waals surface area contributed by atoms with Crippen LogP contribution in [-0.2, 0) is 0 Å². The van der Waals surface area contributed by atoms with Gasteiger partial charge in [0.25, 0.3) is 0 Å². The van der Waals surface area contributed by atoms with Crippen LogP contribution in [0.25, 0.3) is 0 Å². The van der Waals surface area contributed by atoms with Crippen molar-refractivity contribution in [2.75, 3.05) is 9.80 Å². The predicted molar refractivity (Wildman–Crippen MR) is 98.2 cm³/mol. The first-order chi connectivity index (χ1) is 11.9. The third-order valence-corrected chi connectivity index (χ3v) is 5.78. The smallest absolute Gasteiger partial charge is 0.114 e. The molecule has 0 bridgehead atoms. The van der Waals surface area contributed by atoms with Gasteiger partial charge in [0.05, 0.1) is 11.4 Å². The van der Waals surface area contributed by atoms with E-state index in [1.54, 1.807) is 0 Å². The largest absolute Gasteiger partial charge is 0.318 e.